The lowest BCUT2D eigenvalue weighted by atomic mass is 9.83. The van der Waals surface area contributed by atoms with Gasteiger partial charge in [0.05, 0.1) is 5.60 Å². The Morgan fingerprint density at radius 3 is 2.89 bits per heavy atom. The number of aliphatic hydroxyl groups is 1. The highest BCUT2D eigenvalue weighted by Gasteiger charge is 2.32. The minimum absolute atomic E-state index is 0.203. The number of piperidine rings is 1. The highest BCUT2D eigenvalue weighted by Crippen LogP contribution is 2.28. The maximum atomic E-state index is 12.2. The molecule has 18 heavy (non-hydrogen) atoms. The Labute approximate surface area is 110 Å². The molecule has 3 atom stereocenters. The lowest BCUT2D eigenvalue weighted by Gasteiger charge is -2.38. The molecule has 0 aromatic rings. The fraction of sp³-hybridized carbons (Fsp3) is 0.929. The van der Waals surface area contributed by atoms with Crippen LogP contribution in [0.3, 0.4) is 0 Å². The average molecular weight is 254 g/mol. The molecule has 0 bridgehead atoms. The van der Waals surface area contributed by atoms with Crippen molar-refractivity contribution in [3.63, 3.8) is 0 Å². The normalized spacial score (nSPS) is 37.6. The number of nitrogens with two attached hydrogens (primary N) is 1. The van der Waals surface area contributed by atoms with Crippen molar-refractivity contribution in [3.05, 3.63) is 0 Å². The second-order valence-electron chi connectivity index (χ2n) is 6.41. The molecular weight excluding hydrogens is 228 g/mol. The number of amides is 1. The summed E-state index contributed by atoms with van der Waals surface area (Å²) in [5.74, 6) is 0.655. The topological polar surface area (TPSA) is 66.6 Å². The monoisotopic (exact) mass is 254 g/mol. The zero-order valence-electron chi connectivity index (χ0n) is 11.4. The average Bonchev–Trinajstić information content (AvgIpc) is 2.27. The Morgan fingerprint density at radius 2 is 2.22 bits per heavy atom. The molecular formula is C14H26N2O2. The van der Waals surface area contributed by atoms with Crippen LogP contribution in [0.15, 0.2) is 0 Å². The van der Waals surface area contributed by atoms with Crippen LogP contribution >= 0.6 is 0 Å². The molecule has 1 amide bonds. The fourth-order valence-electron chi connectivity index (χ4n) is 3.33. The first kappa shape index (κ1) is 13.8. The predicted molar refractivity (Wildman–Crippen MR) is 71.0 cm³/mol. The predicted octanol–water partition coefficient (Wildman–Crippen LogP) is 1.27. The van der Waals surface area contributed by atoms with Crippen molar-refractivity contribution in [3.8, 4) is 0 Å². The van der Waals surface area contributed by atoms with Crippen LogP contribution < -0.4 is 5.73 Å². The molecule has 2 fully saturated rings. The summed E-state index contributed by atoms with van der Waals surface area (Å²) in [5, 5.41) is 10.0. The Hall–Kier alpha value is -0.610. The summed E-state index contributed by atoms with van der Waals surface area (Å²) in [5.41, 5.74) is 5.26. The fourth-order valence-corrected chi connectivity index (χ4v) is 3.33. The molecule has 2 rings (SSSR count). The molecule has 4 nitrogen and oxygen atoms in total. The van der Waals surface area contributed by atoms with Gasteiger partial charge < -0.3 is 15.7 Å². The third kappa shape index (κ3) is 3.69. The Bertz CT molecular complexity index is 304. The summed E-state index contributed by atoms with van der Waals surface area (Å²) in [7, 11) is 0. The number of hydrogen-bond donors (Lipinski definition) is 2. The molecule has 3 N–H and O–H groups in total. The maximum absolute atomic E-state index is 12.2. The van der Waals surface area contributed by atoms with Crippen molar-refractivity contribution in [2.24, 2.45) is 11.7 Å². The van der Waals surface area contributed by atoms with Gasteiger partial charge in [0.1, 0.15) is 0 Å². The van der Waals surface area contributed by atoms with Gasteiger partial charge in [0.2, 0.25) is 5.91 Å². The van der Waals surface area contributed by atoms with Crippen molar-refractivity contribution >= 4 is 5.91 Å². The van der Waals surface area contributed by atoms with E-state index in [1.165, 1.54) is 0 Å². The van der Waals surface area contributed by atoms with Crippen molar-refractivity contribution in [2.45, 2.75) is 63.5 Å². The van der Waals surface area contributed by atoms with Crippen LogP contribution in [0, 0.1) is 5.92 Å². The van der Waals surface area contributed by atoms with Crippen LogP contribution in [0.5, 0.6) is 0 Å². The van der Waals surface area contributed by atoms with Crippen LogP contribution in [0.25, 0.3) is 0 Å². The molecule has 0 spiro atoms. The van der Waals surface area contributed by atoms with E-state index < -0.39 is 5.60 Å². The van der Waals surface area contributed by atoms with Gasteiger partial charge in [-0.3, -0.25) is 4.79 Å². The number of hydrogen-bond acceptors (Lipinski definition) is 3. The van der Waals surface area contributed by atoms with Gasteiger partial charge in [-0.05, 0) is 44.9 Å². The molecule has 2 aliphatic rings. The molecule has 0 aromatic carbocycles. The SMILES string of the molecule is CC1(O)CCCN(C(=O)CC2CCCC(N)C2)C1. The number of likely N-dealkylation sites (tertiary alicyclic amines) is 1. The first-order valence-corrected chi connectivity index (χ1v) is 7.22. The van der Waals surface area contributed by atoms with E-state index in [0.29, 0.717) is 18.9 Å². The van der Waals surface area contributed by atoms with Gasteiger partial charge in [-0.25, -0.2) is 0 Å². The van der Waals surface area contributed by atoms with Crippen molar-refractivity contribution in [2.75, 3.05) is 13.1 Å². The molecule has 1 saturated carbocycles. The number of rotatable bonds is 2. The number of β-amino-alcohol motifs (C(OH)–C–C–N with tert-alkyl or cyclic N) is 1. The first-order chi connectivity index (χ1) is 8.46. The van der Waals surface area contributed by atoms with E-state index in [0.717, 1.165) is 45.1 Å². The van der Waals surface area contributed by atoms with Gasteiger partial charge in [0, 0.05) is 25.6 Å². The van der Waals surface area contributed by atoms with Gasteiger partial charge in [0.15, 0.2) is 0 Å². The van der Waals surface area contributed by atoms with Gasteiger partial charge in [-0.15, -0.1) is 0 Å². The largest absolute Gasteiger partial charge is 0.388 e. The van der Waals surface area contributed by atoms with E-state index >= 15 is 0 Å². The standard InChI is InChI=1S/C14H26N2O2/c1-14(18)6-3-7-16(10-14)13(17)9-11-4-2-5-12(15)8-11/h11-12,18H,2-10,15H2,1H3. The summed E-state index contributed by atoms with van der Waals surface area (Å²) in [6.07, 6.45) is 6.68. The van der Waals surface area contributed by atoms with Gasteiger partial charge in [-0.2, -0.15) is 0 Å². The molecule has 4 heteroatoms. The van der Waals surface area contributed by atoms with Crippen molar-refractivity contribution < 1.29 is 9.90 Å². The molecule has 0 radical (unpaired) electrons. The molecule has 1 aliphatic carbocycles. The van der Waals surface area contributed by atoms with E-state index in [2.05, 4.69) is 0 Å². The summed E-state index contributed by atoms with van der Waals surface area (Å²) in [4.78, 5) is 14.1. The van der Waals surface area contributed by atoms with E-state index in [1.807, 2.05) is 11.8 Å². The highest BCUT2D eigenvalue weighted by molar-refractivity contribution is 5.76. The highest BCUT2D eigenvalue weighted by atomic mass is 16.3. The second kappa shape index (κ2) is 5.57. The Balaban J connectivity index is 1.83. The van der Waals surface area contributed by atoms with Crippen molar-refractivity contribution in [1.29, 1.82) is 0 Å². The molecule has 0 aromatic heterocycles. The number of nitrogens with zero attached hydrogens (tertiary/aromatic N) is 1. The molecule has 104 valence electrons. The van der Waals surface area contributed by atoms with E-state index in [1.54, 1.807) is 0 Å². The maximum Gasteiger partial charge on any atom is 0.222 e. The quantitative estimate of drug-likeness (QED) is 0.780. The van der Waals surface area contributed by atoms with Crippen LogP contribution in [0.1, 0.15) is 51.9 Å². The van der Waals surface area contributed by atoms with Crippen molar-refractivity contribution in [1.82, 2.24) is 4.90 Å². The van der Waals surface area contributed by atoms with Gasteiger partial charge in [-0.1, -0.05) is 6.42 Å². The third-order valence-electron chi connectivity index (χ3n) is 4.31. The van der Waals surface area contributed by atoms with Crippen LogP contribution in [-0.2, 0) is 4.79 Å². The molecule has 3 unspecified atom stereocenters. The van der Waals surface area contributed by atoms with Crippen LogP contribution in [0.2, 0.25) is 0 Å². The van der Waals surface area contributed by atoms with E-state index in [4.69, 9.17) is 5.73 Å². The van der Waals surface area contributed by atoms with Crippen LogP contribution in [-0.4, -0.2) is 40.6 Å². The third-order valence-corrected chi connectivity index (χ3v) is 4.31. The lowest BCUT2D eigenvalue weighted by molar-refractivity contribution is -0.138. The molecule has 1 heterocycles. The smallest absolute Gasteiger partial charge is 0.222 e. The Morgan fingerprint density at radius 1 is 1.44 bits per heavy atom. The zero-order valence-corrected chi connectivity index (χ0v) is 11.4. The number of carbonyl (C=O) groups excluding carboxylic acids is 1. The second-order valence-corrected chi connectivity index (χ2v) is 6.41. The summed E-state index contributed by atoms with van der Waals surface area (Å²) >= 11 is 0. The summed E-state index contributed by atoms with van der Waals surface area (Å²) < 4.78 is 0. The minimum atomic E-state index is -0.698. The molecule has 1 saturated heterocycles. The Kier molecular flexibility index (Phi) is 4.28. The first-order valence-electron chi connectivity index (χ1n) is 7.22. The van der Waals surface area contributed by atoms with E-state index in [-0.39, 0.29) is 11.9 Å². The molecule has 1 aliphatic heterocycles. The van der Waals surface area contributed by atoms with Gasteiger partial charge >= 0.3 is 0 Å². The summed E-state index contributed by atoms with van der Waals surface area (Å²) in [6, 6.07) is 0.279. The summed E-state index contributed by atoms with van der Waals surface area (Å²) in [6.45, 7) is 3.11. The zero-order chi connectivity index (χ0) is 13.2. The van der Waals surface area contributed by atoms with E-state index in [9.17, 15) is 9.90 Å². The van der Waals surface area contributed by atoms with Gasteiger partial charge in [0.25, 0.3) is 0 Å². The lowest BCUT2D eigenvalue weighted by Crippen LogP contribution is -2.49. The van der Waals surface area contributed by atoms with Crippen LogP contribution in [0.4, 0.5) is 0 Å². The number of carbonyl (C=O) groups is 1. The minimum Gasteiger partial charge on any atom is -0.388 e.